The van der Waals surface area contributed by atoms with Gasteiger partial charge in [-0.2, -0.15) is 0 Å². The molecule has 0 bridgehead atoms. The van der Waals surface area contributed by atoms with Gasteiger partial charge in [-0.1, -0.05) is 13.8 Å². The van der Waals surface area contributed by atoms with Crippen molar-refractivity contribution in [3.63, 3.8) is 0 Å². The smallest absolute Gasteiger partial charge is 0.131 e. The molecule has 0 aromatic carbocycles. The van der Waals surface area contributed by atoms with Gasteiger partial charge in [-0.05, 0) is 30.9 Å². The van der Waals surface area contributed by atoms with Crippen molar-refractivity contribution in [1.82, 2.24) is 25.4 Å². The van der Waals surface area contributed by atoms with Crippen LogP contribution in [0.1, 0.15) is 38.6 Å². The molecule has 2 saturated heterocycles. The maximum absolute atomic E-state index is 5.41. The van der Waals surface area contributed by atoms with E-state index in [-0.39, 0.29) is 6.04 Å². The Bertz CT molecular complexity index is 707. The number of hydrogen-bond acceptors (Lipinski definition) is 6. The normalized spacial score (nSPS) is 23.7. The van der Waals surface area contributed by atoms with Gasteiger partial charge >= 0.3 is 0 Å². The van der Waals surface area contributed by atoms with E-state index in [2.05, 4.69) is 56.3 Å². The van der Waals surface area contributed by atoms with Crippen molar-refractivity contribution in [2.24, 2.45) is 5.92 Å². The number of rotatable bonds is 5. The van der Waals surface area contributed by atoms with Crippen molar-refractivity contribution >= 4 is 5.82 Å². The first kappa shape index (κ1) is 17.5. The predicted octanol–water partition coefficient (Wildman–Crippen LogP) is 2.06. The number of hydrazine groups is 1. The summed E-state index contributed by atoms with van der Waals surface area (Å²) in [6.07, 6.45) is 8.03. The number of nitrogens with one attached hydrogen (secondary N) is 2. The minimum absolute atomic E-state index is 0.215. The Morgan fingerprint density at radius 1 is 1.19 bits per heavy atom. The van der Waals surface area contributed by atoms with Gasteiger partial charge in [-0.15, -0.1) is 0 Å². The summed E-state index contributed by atoms with van der Waals surface area (Å²) < 4.78 is 7.55. The molecule has 4 heterocycles. The highest BCUT2D eigenvalue weighted by molar-refractivity contribution is 5.44. The Morgan fingerprint density at radius 2 is 2.04 bits per heavy atom. The van der Waals surface area contributed by atoms with Crippen molar-refractivity contribution in [3.8, 4) is 5.69 Å². The fourth-order valence-corrected chi connectivity index (χ4v) is 3.81. The van der Waals surface area contributed by atoms with Gasteiger partial charge in [0.1, 0.15) is 11.6 Å². The summed E-state index contributed by atoms with van der Waals surface area (Å²) in [7, 11) is 0. The third-order valence-corrected chi connectivity index (χ3v) is 5.06. The number of morpholine rings is 1. The van der Waals surface area contributed by atoms with E-state index in [0.29, 0.717) is 12.0 Å². The van der Waals surface area contributed by atoms with Crippen molar-refractivity contribution in [1.29, 1.82) is 0 Å². The van der Waals surface area contributed by atoms with Crippen molar-refractivity contribution in [2.75, 3.05) is 31.2 Å². The Balaban J connectivity index is 1.48. The van der Waals surface area contributed by atoms with Crippen LogP contribution in [0, 0.1) is 5.92 Å². The van der Waals surface area contributed by atoms with Crippen LogP contribution in [0.3, 0.4) is 0 Å². The number of anilines is 1. The summed E-state index contributed by atoms with van der Waals surface area (Å²) in [4.78, 5) is 11.5. The molecular formula is C19H28N6O. The average molecular weight is 356 g/mol. The third kappa shape index (κ3) is 3.75. The maximum Gasteiger partial charge on any atom is 0.131 e. The molecule has 7 heteroatoms. The van der Waals surface area contributed by atoms with E-state index in [4.69, 9.17) is 4.74 Å². The van der Waals surface area contributed by atoms with Crippen LogP contribution < -0.4 is 15.8 Å². The molecule has 7 nitrogen and oxygen atoms in total. The molecule has 0 saturated carbocycles. The summed E-state index contributed by atoms with van der Waals surface area (Å²) in [5.74, 6) is 2.73. The van der Waals surface area contributed by atoms with Crippen LogP contribution in [-0.2, 0) is 4.74 Å². The Labute approximate surface area is 154 Å². The lowest BCUT2D eigenvalue weighted by Gasteiger charge is -2.27. The standard InChI is InChI=1S/C19H28N6O/c1-14(2)11-15-12-17(23-22-15)19-20-5-6-25(19)16-3-4-18(21-13-16)24-7-9-26-10-8-24/h3-6,13-15,17,22-23H,7-12H2,1-2H3. The Morgan fingerprint density at radius 3 is 2.77 bits per heavy atom. The lowest BCUT2D eigenvalue weighted by Crippen LogP contribution is -2.36. The Kier molecular flexibility index (Phi) is 5.19. The number of imidazole rings is 1. The van der Waals surface area contributed by atoms with Crippen molar-refractivity contribution < 1.29 is 4.74 Å². The summed E-state index contributed by atoms with van der Waals surface area (Å²) >= 11 is 0. The molecule has 2 fully saturated rings. The molecule has 0 spiro atoms. The molecule has 2 atom stereocenters. The third-order valence-electron chi connectivity index (χ3n) is 5.06. The van der Waals surface area contributed by atoms with Gasteiger partial charge in [0.05, 0.1) is 31.1 Å². The monoisotopic (exact) mass is 356 g/mol. The van der Waals surface area contributed by atoms with Gasteiger partial charge in [0.25, 0.3) is 0 Å². The molecule has 4 rings (SSSR count). The SMILES string of the molecule is CC(C)CC1CC(c2nccn2-c2ccc(N3CCOCC3)nc2)NN1. The lowest BCUT2D eigenvalue weighted by atomic mass is 10.00. The number of aromatic nitrogens is 3. The highest BCUT2D eigenvalue weighted by Crippen LogP contribution is 2.26. The molecule has 26 heavy (non-hydrogen) atoms. The molecule has 0 radical (unpaired) electrons. The van der Waals surface area contributed by atoms with Crippen LogP contribution in [0.25, 0.3) is 5.69 Å². The van der Waals surface area contributed by atoms with Crippen LogP contribution in [0.2, 0.25) is 0 Å². The van der Waals surface area contributed by atoms with E-state index in [0.717, 1.165) is 50.1 Å². The fourth-order valence-electron chi connectivity index (χ4n) is 3.81. The van der Waals surface area contributed by atoms with E-state index in [1.807, 2.05) is 18.6 Å². The highest BCUT2D eigenvalue weighted by Gasteiger charge is 2.28. The fraction of sp³-hybridized carbons (Fsp3) is 0.579. The van der Waals surface area contributed by atoms with Crippen LogP contribution in [-0.4, -0.2) is 46.9 Å². The van der Waals surface area contributed by atoms with Crippen LogP contribution in [0.15, 0.2) is 30.7 Å². The zero-order valence-electron chi connectivity index (χ0n) is 15.6. The van der Waals surface area contributed by atoms with Gasteiger partial charge < -0.3 is 14.2 Å². The molecular weight excluding hydrogens is 328 g/mol. The zero-order chi connectivity index (χ0) is 17.9. The molecule has 0 aliphatic carbocycles. The molecule has 0 amide bonds. The zero-order valence-corrected chi connectivity index (χ0v) is 15.6. The number of hydrogen-bond donors (Lipinski definition) is 2. The van der Waals surface area contributed by atoms with E-state index < -0.39 is 0 Å². The Hall–Kier alpha value is -1.96. The van der Waals surface area contributed by atoms with Crippen molar-refractivity contribution in [2.45, 2.75) is 38.8 Å². The molecule has 2 aliphatic rings. The number of nitrogens with zero attached hydrogens (tertiary/aromatic N) is 4. The first-order valence-corrected chi connectivity index (χ1v) is 9.54. The molecule has 2 aliphatic heterocycles. The van der Waals surface area contributed by atoms with Crippen LogP contribution >= 0.6 is 0 Å². The molecule has 2 unspecified atom stereocenters. The first-order valence-electron chi connectivity index (χ1n) is 9.54. The average Bonchev–Trinajstić information content (AvgIpc) is 3.31. The number of ether oxygens (including phenoxy) is 1. The van der Waals surface area contributed by atoms with Gasteiger partial charge in [-0.25, -0.2) is 15.4 Å². The van der Waals surface area contributed by atoms with E-state index >= 15 is 0 Å². The summed E-state index contributed by atoms with van der Waals surface area (Å²) in [5.41, 5.74) is 7.88. The quantitative estimate of drug-likeness (QED) is 0.855. The highest BCUT2D eigenvalue weighted by atomic mass is 16.5. The molecule has 2 N–H and O–H groups in total. The van der Waals surface area contributed by atoms with E-state index in [1.165, 1.54) is 6.42 Å². The van der Waals surface area contributed by atoms with Gasteiger partial charge in [-0.3, -0.25) is 5.43 Å². The second-order valence-corrected chi connectivity index (χ2v) is 7.53. The van der Waals surface area contributed by atoms with Crippen molar-refractivity contribution in [3.05, 3.63) is 36.5 Å². The van der Waals surface area contributed by atoms with Crippen LogP contribution in [0.5, 0.6) is 0 Å². The largest absolute Gasteiger partial charge is 0.378 e. The molecule has 2 aromatic rings. The minimum atomic E-state index is 0.215. The minimum Gasteiger partial charge on any atom is -0.378 e. The second kappa shape index (κ2) is 7.73. The topological polar surface area (TPSA) is 67.2 Å². The van der Waals surface area contributed by atoms with E-state index in [9.17, 15) is 0 Å². The predicted molar refractivity (Wildman–Crippen MR) is 101 cm³/mol. The lowest BCUT2D eigenvalue weighted by molar-refractivity contribution is 0.122. The van der Waals surface area contributed by atoms with Gasteiger partial charge in [0.15, 0.2) is 0 Å². The molecule has 2 aromatic heterocycles. The van der Waals surface area contributed by atoms with Gasteiger partial charge in [0.2, 0.25) is 0 Å². The first-order chi connectivity index (χ1) is 12.7. The van der Waals surface area contributed by atoms with Gasteiger partial charge in [0, 0.05) is 31.5 Å². The maximum atomic E-state index is 5.41. The number of pyridine rings is 1. The van der Waals surface area contributed by atoms with Crippen LogP contribution in [0.4, 0.5) is 5.82 Å². The van der Waals surface area contributed by atoms with E-state index in [1.54, 1.807) is 0 Å². The second-order valence-electron chi connectivity index (χ2n) is 7.53. The summed E-state index contributed by atoms with van der Waals surface area (Å²) in [6, 6.07) is 4.92. The molecule has 140 valence electrons. The summed E-state index contributed by atoms with van der Waals surface area (Å²) in [6.45, 7) is 7.87. The summed E-state index contributed by atoms with van der Waals surface area (Å²) in [5, 5.41) is 0.